The molecular formula is C9H7ClN4O. The van der Waals surface area contributed by atoms with Gasteiger partial charge in [0.15, 0.2) is 0 Å². The van der Waals surface area contributed by atoms with E-state index in [1.807, 2.05) is 0 Å². The molecule has 15 heavy (non-hydrogen) atoms. The summed E-state index contributed by atoms with van der Waals surface area (Å²) in [6.07, 6.45) is 4.56. The summed E-state index contributed by atoms with van der Waals surface area (Å²) < 4.78 is 5.36. The number of rotatable bonds is 2. The lowest BCUT2D eigenvalue weighted by Crippen LogP contribution is -1.96. The summed E-state index contributed by atoms with van der Waals surface area (Å²) in [5.41, 5.74) is 5.40. The fourth-order valence-electron chi connectivity index (χ4n) is 0.982. The van der Waals surface area contributed by atoms with Gasteiger partial charge < -0.3 is 10.5 Å². The number of hydrogen-bond acceptors (Lipinski definition) is 5. The predicted octanol–water partition coefficient (Wildman–Crippen LogP) is 1.90. The zero-order valence-corrected chi connectivity index (χ0v) is 8.35. The lowest BCUT2D eigenvalue weighted by Gasteiger charge is -2.03. The maximum Gasteiger partial charge on any atom is 0.224 e. The molecule has 0 aliphatic carbocycles. The molecule has 2 N–H and O–H groups in total. The maximum atomic E-state index is 5.74. The minimum absolute atomic E-state index is 0.155. The Morgan fingerprint density at radius 3 is 2.93 bits per heavy atom. The van der Waals surface area contributed by atoms with Gasteiger partial charge in [-0.25, -0.2) is 4.98 Å². The largest absolute Gasteiger partial charge is 0.437 e. The van der Waals surface area contributed by atoms with Crippen LogP contribution in [0.1, 0.15) is 0 Å². The van der Waals surface area contributed by atoms with Gasteiger partial charge in [-0.2, -0.15) is 4.98 Å². The number of aromatic nitrogens is 3. The van der Waals surface area contributed by atoms with Gasteiger partial charge in [0, 0.05) is 24.5 Å². The van der Waals surface area contributed by atoms with Gasteiger partial charge in [0.2, 0.25) is 11.8 Å². The van der Waals surface area contributed by atoms with Gasteiger partial charge in [-0.05, 0) is 0 Å². The number of nitrogens with zero attached hydrogens (tertiary/aromatic N) is 3. The van der Waals surface area contributed by atoms with Crippen molar-refractivity contribution in [2.45, 2.75) is 0 Å². The van der Waals surface area contributed by atoms with Crippen molar-refractivity contribution in [1.29, 1.82) is 0 Å². The van der Waals surface area contributed by atoms with E-state index in [9.17, 15) is 0 Å². The Balaban J connectivity index is 2.22. The maximum absolute atomic E-state index is 5.74. The molecule has 0 saturated carbocycles. The van der Waals surface area contributed by atoms with E-state index in [1.54, 1.807) is 12.1 Å². The third kappa shape index (κ3) is 2.54. The second-order valence-electron chi connectivity index (χ2n) is 2.69. The Hall–Kier alpha value is -1.88. The predicted molar refractivity (Wildman–Crippen MR) is 55.8 cm³/mol. The van der Waals surface area contributed by atoms with Crippen LogP contribution in [0.5, 0.6) is 11.6 Å². The lowest BCUT2D eigenvalue weighted by molar-refractivity contribution is 0.460. The van der Waals surface area contributed by atoms with E-state index in [4.69, 9.17) is 22.1 Å². The first-order chi connectivity index (χ1) is 7.24. The van der Waals surface area contributed by atoms with Crippen molar-refractivity contribution < 1.29 is 4.74 Å². The molecule has 76 valence electrons. The van der Waals surface area contributed by atoms with Crippen molar-refractivity contribution in [3.05, 3.63) is 35.7 Å². The summed E-state index contributed by atoms with van der Waals surface area (Å²) in [6.45, 7) is 0. The van der Waals surface area contributed by atoms with Crippen molar-refractivity contribution in [3.63, 3.8) is 0 Å². The molecule has 0 spiro atoms. The number of anilines is 1. The molecule has 0 aliphatic rings. The third-order valence-electron chi connectivity index (χ3n) is 1.55. The Labute approximate surface area is 90.9 Å². The Bertz CT molecular complexity index is 434. The summed E-state index contributed by atoms with van der Waals surface area (Å²) in [5.74, 6) is 1.01. The van der Waals surface area contributed by atoms with Gasteiger partial charge in [-0.15, -0.1) is 0 Å². The number of hydrogen-bond donors (Lipinski definition) is 1. The molecule has 0 bridgehead atoms. The molecule has 0 atom stereocenters. The van der Waals surface area contributed by atoms with E-state index >= 15 is 0 Å². The Morgan fingerprint density at radius 1 is 1.33 bits per heavy atom. The van der Waals surface area contributed by atoms with Crippen molar-refractivity contribution in [3.8, 4) is 11.6 Å². The molecule has 2 aromatic heterocycles. The molecule has 0 aromatic carbocycles. The van der Waals surface area contributed by atoms with E-state index < -0.39 is 0 Å². The topological polar surface area (TPSA) is 73.9 Å². The van der Waals surface area contributed by atoms with Crippen LogP contribution in [-0.2, 0) is 0 Å². The molecule has 2 rings (SSSR count). The summed E-state index contributed by atoms with van der Waals surface area (Å²) in [7, 11) is 0. The van der Waals surface area contributed by atoms with Gasteiger partial charge in [0.25, 0.3) is 0 Å². The Morgan fingerprint density at radius 2 is 2.20 bits per heavy atom. The molecule has 0 fully saturated rings. The van der Waals surface area contributed by atoms with Crippen LogP contribution in [0.25, 0.3) is 0 Å². The van der Waals surface area contributed by atoms with Crippen LogP contribution in [0.15, 0.2) is 30.7 Å². The number of pyridine rings is 1. The smallest absolute Gasteiger partial charge is 0.224 e. The number of ether oxygens (including phenoxy) is 1. The van der Waals surface area contributed by atoms with Crippen LogP contribution in [0, 0.1) is 0 Å². The van der Waals surface area contributed by atoms with Crippen LogP contribution >= 0.6 is 11.6 Å². The first-order valence-corrected chi connectivity index (χ1v) is 4.49. The fourth-order valence-corrected chi connectivity index (χ4v) is 1.15. The van der Waals surface area contributed by atoms with Crippen molar-refractivity contribution in [2.75, 3.05) is 5.73 Å². The quantitative estimate of drug-likeness (QED) is 0.840. The van der Waals surface area contributed by atoms with Gasteiger partial charge in [0.1, 0.15) is 5.75 Å². The van der Waals surface area contributed by atoms with E-state index in [0.29, 0.717) is 16.7 Å². The third-order valence-corrected chi connectivity index (χ3v) is 1.76. The monoisotopic (exact) mass is 222 g/mol. The van der Waals surface area contributed by atoms with Crippen LogP contribution < -0.4 is 10.5 Å². The molecule has 0 unspecified atom stereocenters. The van der Waals surface area contributed by atoms with Gasteiger partial charge in [-0.3, -0.25) is 4.98 Å². The van der Waals surface area contributed by atoms with E-state index in [-0.39, 0.29) is 5.95 Å². The van der Waals surface area contributed by atoms with E-state index in [2.05, 4.69) is 15.0 Å². The molecule has 2 aromatic rings. The van der Waals surface area contributed by atoms with Gasteiger partial charge in [-0.1, -0.05) is 11.6 Å². The summed E-state index contributed by atoms with van der Waals surface area (Å²) in [5, 5.41) is 0.495. The van der Waals surface area contributed by atoms with E-state index in [0.717, 1.165) is 0 Å². The average Bonchev–Trinajstić information content (AvgIpc) is 2.17. The highest BCUT2D eigenvalue weighted by Crippen LogP contribution is 2.21. The molecule has 0 amide bonds. The SMILES string of the molecule is Nc1nccc(Oc2cncc(Cl)c2)n1. The zero-order chi connectivity index (χ0) is 10.7. The second-order valence-corrected chi connectivity index (χ2v) is 3.13. The average molecular weight is 223 g/mol. The minimum Gasteiger partial charge on any atom is -0.437 e. The first kappa shape index (κ1) is 9.67. The highest BCUT2D eigenvalue weighted by molar-refractivity contribution is 6.30. The highest BCUT2D eigenvalue weighted by atomic mass is 35.5. The Kier molecular flexibility index (Phi) is 2.64. The highest BCUT2D eigenvalue weighted by Gasteiger charge is 2.00. The minimum atomic E-state index is 0.155. The number of nitrogens with two attached hydrogens (primary N) is 1. The van der Waals surface area contributed by atoms with Gasteiger partial charge in [0.05, 0.1) is 11.2 Å². The second kappa shape index (κ2) is 4.10. The van der Waals surface area contributed by atoms with Crippen LogP contribution in [-0.4, -0.2) is 15.0 Å². The van der Waals surface area contributed by atoms with Crippen LogP contribution in [0.3, 0.4) is 0 Å². The summed E-state index contributed by atoms with van der Waals surface area (Å²) in [6, 6.07) is 3.23. The standard InChI is InChI=1S/C9H7ClN4O/c10-6-3-7(5-12-4-6)15-8-1-2-13-9(11)14-8/h1-5H,(H2,11,13,14). The van der Waals surface area contributed by atoms with Crippen molar-refractivity contribution in [1.82, 2.24) is 15.0 Å². The molecule has 0 saturated heterocycles. The molecular weight excluding hydrogens is 216 g/mol. The molecule has 0 aliphatic heterocycles. The van der Waals surface area contributed by atoms with E-state index in [1.165, 1.54) is 18.6 Å². The fraction of sp³-hybridized carbons (Fsp3) is 0. The van der Waals surface area contributed by atoms with Crippen LogP contribution in [0.4, 0.5) is 5.95 Å². The summed E-state index contributed by atoms with van der Waals surface area (Å²) in [4.78, 5) is 11.5. The molecule has 6 heteroatoms. The van der Waals surface area contributed by atoms with Crippen LogP contribution in [0.2, 0.25) is 5.02 Å². The normalized spacial score (nSPS) is 9.93. The van der Waals surface area contributed by atoms with Crippen molar-refractivity contribution in [2.24, 2.45) is 0 Å². The summed E-state index contributed by atoms with van der Waals surface area (Å²) >= 11 is 5.74. The molecule has 5 nitrogen and oxygen atoms in total. The van der Waals surface area contributed by atoms with Crippen molar-refractivity contribution >= 4 is 17.5 Å². The molecule has 2 heterocycles. The number of halogens is 1. The number of nitrogen functional groups attached to an aromatic ring is 1. The zero-order valence-electron chi connectivity index (χ0n) is 7.59. The van der Waals surface area contributed by atoms with Gasteiger partial charge >= 0.3 is 0 Å². The molecule has 0 radical (unpaired) electrons. The lowest BCUT2D eigenvalue weighted by atomic mass is 10.4. The first-order valence-electron chi connectivity index (χ1n) is 4.11.